The van der Waals surface area contributed by atoms with Gasteiger partial charge in [0, 0.05) is 17.3 Å². The van der Waals surface area contributed by atoms with Gasteiger partial charge in [-0.3, -0.25) is 10.1 Å². The second-order valence-corrected chi connectivity index (χ2v) is 6.36. The number of aryl methyl sites for hydroxylation is 1. The van der Waals surface area contributed by atoms with E-state index in [0.29, 0.717) is 17.3 Å². The van der Waals surface area contributed by atoms with Crippen molar-refractivity contribution in [2.45, 2.75) is 13.3 Å². The van der Waals surface area contributed by atoms with Crippen LogP contribution in [0.3, 0.4) is 0 Å². The van der Waals surface area contributed by atoms with Crippen molar-refractivity contribution in [2.75, 3.05) is 17.2 Å². The molecule has 0 spiro atoms. The van der Waals surface area contributed by atoms with E-state index in [2.05, 4.69) is 20.6 Å². The van der Waals surface area contributed by atoms with Gasteiger partial charge in [-0.1, -0.05) is 41.9 Å². The molecule has 0 aliphatic rings. The summed E-state index contributed by atoms with van der Waals surface area (Å²) in [6.07, 6.45) is 2.02. The molecule has 0 radical (unpaired) electrons. The molecule has 27 heavy (non-hydrogen) atoms. The number of anilines is 3. The van der Waals surface area contributed by atoms with Crippen molar-refractivity contribution in [3.63, 3.8) is 0 Å². The Bertz CT molecular complexity index is 950. The molecule has 0 amide bonds. The Morgan fingerprint density at radius 3 is 2.56 bits per heavy atom. The second kappa shape index (κ2) is 8.46. The molecular weight excluding hydrogens is 366 g/mol. The first-order valence-electron chi connectivity index (χ1n) is 8.35. The van der Waals surface area contributed by atoms with E-state index in [4.69, 9.17) is 11.6 Å². The number of benzene rings is 2. The summed E-state index contributed by atoms with van der Waals surface area (Å²) in [5.74, 6) is 0.308. The average molecular weight is 384 g/mol. The highest BCUT2D eigenvalue weighted by molar-refractivity contribution is 6.30. The fourth-order valence-corrected chi connectivity index (χ4v) is 2.86. The van der Waals surface area contributed by atoms with Gasteiger partial charge in [-0.2, -0.15) is 0 Å². The van der Waals surface area contributed by atoms with Gasteiger partial charge < -0.3 is 10.6 Å². The molecule has 1 aromatic heterocycles. The van der Waals surface area contributed by atoms with Crippen molar-refractivity contribution >= 4 is 34.6 Å². The number of hydrogen-bond acceptors (Lipinski definition) is 6. The molecule has 8 heteroatoms. The molecule has 0 saturated heterocycles. The van der Waals surface area contributed by atoms with Gasteiger partial charge >= 0.3 is 5.69 Å². The number of hydrogen-bond donors (Lipinski definition) is 2. The minimum absolute atomic E-state index is 0.127. The van der Waals surface area contributed by atoms with E-state index in [9.17, 15) is 10.1 Å². The van der Waals surface area contributed by atoms with Crippen molar-refractivity contribution in [1.82, 2.24) is 9.97 Å². The molecule has 3 rings (SSSR count). The lowest BCUT2D eigenvalue weighted by atomic mass is 10.1. The number of nitrogens with zero attached hydrogens (tertiary/aromatic N) is 3. The maximum atomic E-state index is 11.6. The zero-order chi connectivity index (χ0) is 19.2. The third-order valence-electron chi connectivity index (χ3n) is 4.00. The molecule has 2 N–H and O–H groups in total. The molecule has 0 aliphatic carbocycles. The second-order valence-electron chi connectivity index (χ2n) is 5.92. The zero-order valence-corrected chi connectivity index (χ0v) is 15.4. The van der Waals surface area contributed by atoms with Gasteiger partial charge in [-0.05, 0) is 42.7 Å². The molecule has 7 nitrogen and oxygen atoms in total. The molecule has 0 atom stereocenters. The fraction of sp³-hybridized carbons (Fsp3) is 0.158. The van der Waals surface area contributed by atoms with Gasteiger partial charge in [-0.15, -0.1) is 0 Å². The van der Waals surface area contributed by atoms with Gasteiger partial charge in [0.2, 0.25) is 11.6 Å². The summed E-state index contributed by atoms with van der Waals surface area (Å²) in [4.78, 5) is 19.2. The SMILES string of the molecule is Cc1cc(Cl)ccc1Nc1ncnc(NCCc2ccccc2)c1[N+](=O)[O-]. The van der Waals surface area contributed by atoms with E-state index < -0.39 is 4.92 Å². The van der Waals surface area contributed by atoms with E-state index in [1.54, 1.807) is 18.2 Å². The third kappa shape index (κ3) is 4.71. The number of nitrogens with one attached hydrogen (secondary N) is 2. The Morgan fingerprint density at radius 1 is 1.11 bits per heavy atom. The van der Waals surface area contributed by atoms with Crippen LogP contribution < -0.4 is 10.6 Å². The largest absolute Gasteiger partial charge is 0.364 e. The molecule has 0 saturated carbocycles. The van der Waals surface area contributed by atoms with Crippen LogP contribution in [0.1, 0.15) is 11.1 Å². The molecule has 0 bridgehead atoms. The van der Waals surface area contributed by atoms with Crippen LogP contribution in [0, 0.1) is 17.0 Å². The van der Waals surface area contributed by atoms with Crippen LogP contribution in [-0.2, 0) is 6.42 Å². The lowest BCUT2D eigenvalue weighted by Gasteiger charge is -2.12. The minimum Gasteiger partial charge on any atom is -0.364 e. The summed E-state index contributed by atoms with van der Waals surface area (Å²) in [6, 6.07) is 15.1. The molecule has 0 unspecified atom stereocenters. The highest BCUT2D eigenvalue weighted by atomic mass is 35.5. The standard InChI is InChI=1S/C19H18ClN5O2/c1-13-11-15(20)7-8-16(13)24-19-17(25(26)27)18(22-12-23-19)21-10-9-14-5-3-2-4-6-14/h2-8,11-12H,9-10H2,1H3,(H2,21,22,23,24). The Labute approximate surface area is 161 Å². The van der Waals surface area contributed by atoms with Crippen LogP contribution in [0.5, 0.6) is 0 Å². The first-order valence-corrected chi connectivity index (χ1v) is 8.73. The summed E-state index contributed by atoms with van der Waals surface area (Å²) in [7, 11) is 0. The van der Waals surface area contributed by atoms with Crippen LogP contribution in [0.15, 0.2) is 54.9 Å². The zero-order valence-electron chi connectivity index (χ0n) is 14.6. The summed E-state index contributed by atoms with van der Waals surface area (Å²) < 4.78 is 0. The van der Waals surface area contributed by atoms with Crippen molar-refractivity contribution in [1.29, 1.82) is 0 Å². The van der Waals surface area contributed by atoms with E-state index in [0.717, 1.165) is 17.5 Å². The summed E-state index contributed by atoms with van der Waals surface area (Å²) in [5.41, 5.74) is 2.49. The third-order valence-corrected chi connectivity index (χ3v) is 4.23. The van der Waals surface area contributed by atoms with E-state index in [1.807, 2.05) is 37.3 Å². The van der Waals surface area contributed by atoms with Gasteiger partial charge in [0.15, 0.2) is 0 Å². The van der Waals surface area contributed by atoms with Crippen molar-refractivity contribution in [2.24, 2.45) is 0 Å². The summed E-state index contributed by atoms with van der Waals surface area (Å²) >= 11 is 5.96. The van der Waals surface area contributed by atoms with Gasteiger partial charge in [-0.25, -0.2) is 9.97 Å². The molecule has 1 heterocycles. The predicted molar refractivity (Wildman–Crippen MR) is 107 cm³/mol. The molecule has 0 fully saturated rings. The Kier molecular flexibility index (Phi) is 5.83. The fourth-order valence-electron chi connectivity index (χ4n) is 2.64. The van der Waals surface area contributed by atoms with Gasteiger partial charge in [0.1, 0.15) is 6.33 Å². The average Bonchev–Trinajstić information content (AvgIpc) is 2.65. The normalized spacial score (nSPS) is 10.4. The first kappa shape index (κ1) is 18.6. The topological polar surface area (TPSA) is 93.0 Å². The molecular formula is C19H18ClN5O2. The van der Waals surface area contributed by atoms with Crippen LogP contribution in [0.2, 0.25) is 5.02 Å². The smallest absolute Gasteiger partial charge is 0.353 e. The molecule has 3 aromatic rings. The molecule has 0 aliphatic heterocycles. The monoisotopic (exact) mass is 383 g/mol. The molecule has 2 aromatic carbocycles. The summed E-state index contributed by atoms with van der Waals surface area (Å²) in [6.45, 7) is 2.38. The van der Waals surface area contributed by atoms with E-state index >= 15 is 0 Å². The lowest BCUT2D eigenvalue weighted by Crippen LogP contribution is -2.11. The van der Waals surface area contributed by atoms with Gasteiger partial charge in [0.25, 0.3) is 0 Å². The Morgan fingerprint density at radius 2 is 1.85 bits per heavy atom. The first-order chi connectivity index (χ1) is 13.0. The van der Waals surface area contributed by atoms with E-state index in [1.165, 1.54) is 6.33 Å². The quantitative estimate of drug-likeness (QED) is 0.452. The maximum Gasteiger partial charge on any atom is 0.353 e. The predicted octanol–water partition coefficient (Wildman–Crippen LogP) is 4.74. The van der Waals surface area contributed by atoms with Crippen molar-refractivity contribution < 1.29 is 4.92 Å². The number of nitro groups is 1. The van der Waals surface area contributed by atoms with Crippen LogP contribution in [-0.4, -0.2) is 21.4 Å². The van der Waals surface area contributed by atoms with Crippen LogP contribution in [0.25, 0.3) is 0 Å². The Balaban J connectivity index is 1.80. The van der Waals surface area contributed by atoms with Gasteiger partial charge in [0.05, 0.1) is 4.92 Å². The highest BCUT2D eigenvalue weighted by Gasteiger charge is 2.23. The summed E-state index contributed by atoms with van der Waals surface area (Å²) in [5, 5.41) is 18.3. The minimum atomic E-state index is -0.488. The van der Waals surface area contributed by atoms with E-state index in [-0.39, 0.29) is 17.3 Å². The van der Waals surface area contributed by atoms with Crippen molar-refractivity contribution in [3.8, 4) is 0 Å². The highest BCUT2D eigenvalue weighted by Crippen LogP contribution is 2.32. The number of rotatable bonds is 7. The number of halogens is 1. The molecule has 138 valence electrons. The Hall–Kier alpha value is -3.19. The maximum absolute atomic E-state index is 11.6. The number of aromatic nitrogens is 2. The van der Waals surface area contributed by atoms with Crippen LogP contribution in [0.4, 0.5) is 23.0 Å². The van der Waals surface area contributed by atoms with Crippen molar-refractivity contribution in [3.05, 3.63) is 81.1 Å². The van der Waals surface area contributed by atoms with Crippen LogP contribution >= 0.6 is 11.6 Å². The lowest BCUT2D eigenvalue weighted by molar-refractivity contribution is -0.383.